The van der Waals surface area contributed by atoms with Crippen LogP contribution >= 0.6 is 0 Å². The van der Waals surface area contributed by atoms with Gasteiger partial charge in [-0.25, -0.2) is 0 Å². The highest BCUT2D eigenvalue weighted by Gasteiger charge is 2.30. The highest BCUT2D eigenvalue weighted by molar-refractivity contribution is 5.95. The molecule has 156 valence electrons. The summed E-state index contributed by atoms with van der Waals surface area (Å²) in [5.41, 5.74) is 2.35. The summed E-state index contributed by atoms with van der Waals surface area (Å²) in [7, 11) is 0. The molecular weight excluding hydrogens is 383 g/mol. The number of carbonyl (C=O) groups excluding carboxylic acids is 2. The van der Waals surface area contributed by atoms with Gasteiger partial charge in [-0.05, 0) is 55.7 Å². The Morgan fingerprint density at radius 2 is 1.69 bits per heavy atom. The molecule has 1 atom stereocenters. The first kappa shape index (κ1) is 22.4. The van der Waals surface area contributed by atoms with Crippen molar-refractivity contribution < 1.29 is 22.8 Å². The molecule has 0 fully saturated rings. The third-order valence-corrected chi connectivity index (χ3v) is 4.61. The molecule has 0 saturated heterocycles. The van der Waals surface area contributed by atoms with Crippen LogP contribution in [0.1, 0.15) is 35.2 Å². The largest absolute Gasteiger partial charge is 0.416 e. The van der Waals surface area contributed by atoms with Crippen LogP contribution in [0.5, 0.6) is 0 Å². The molecule has 0 bridgehead atoms. The Bertz CT molecular complexity index is 882. The van der Waals surface area contributed by atoms with Gasteiger partial charge in [0, 0.05) is 11.7 Å². The Morgan fingerprint density at radius 1 is 1.00 bits per heavy atom. The molecule has 2 aromatic carbocycles. The Morgan fingerprint density at radius 3 is 2.38 bits per heavy atom. The molecule has 3 N–H and O–H groups in total. The smallest absolute Gasteiger partial charge is 0.346 e. The summed E-state index contributed by atoms with van der Waals surface area (Å²) >= 11 is 0. The highest BCUT2D eigenvalue weighted by atomic mass is 19.4. The van der Waals surface area contributed by atoms with Crippen molar-refractivity contribution in [2.75, 3.05) is 18.4 Å². The molecule has 2 amide bonds. The lowest BCUT2D eigenvalue weighted by Crippen LogP contribution is -2.39. The summed E-state index contributed by atoms with van der Waals surface area (Å²) in [4.78, 5) is 24.0. The summed E-state index contributed by atoms with van der Waals surface area (Å²) in [6, 6.07) is 10.0. The number of halogens is 3. The monoisotopic (exact) mass is 407 g/mol. The van der Waals surface area contributed by atoms with Crippen LogP contribution in [0.3, 0.4) is 0 Å². The van der Waals surface area contributed by atoms with E-state index in [1.54, 1.807) is 19.1 Å². The molecular formula is C21H24F3N3O2. The average Bonchev–Trinajstić information content (AvgIpc) is 2.67. The molecule has 29 heavy (non-hydrogen) atoms. The lowest BCUT2D eigenvalue weighted by molar-refractivity contribution is -0.137. The number of aryl methyl sites for hydroxylation is 1. The van der Waals surface area contributed by atoms with E-state index >= 15 is 0 Å². The van der Waals surface area contributed by atoms with E-state index in [1.807, 2.05) is 26.0 Å². The first-order valence-corrected chi connectivity index (χ1v) is 9.11. The maximum atomic E-state index is 12.8. The van der Waals surface area contributed by atoms with E-state index in [-0.39, 0.29) is 19.0 Å². The Kier molecular flexibility index (Phi) is 7.39. The molecule has 5 nitrogen and oxygen atoms in total. The lowest BCUT2D eigenvalue weighted by Gasteiger charge is -2.16. The number of hydrogen-bond acceptors (Lipinski definition) is 3. The van der Waals surface area contributed by atoms with E-state index in [1.165, 1.54) is 6.07 Å². The zero-order valence-electron chi connectivity index (χ0n) is 16.5. The van der Waals surface area contributed by atoms with Crippen LogP contribution in [-0.4, -0.2) is 24.9 Å². The first-order valence-electron chi connectivity index (χ1n) is 9.11. The van der Waals surface area contributed by atoms with E-state index in [4.69, 9.17) is 0 Å². The standard InChI is InChI=1S/C21H24F3N3O2/c1-13-6-4-9-18(14(13)2)27-20(29)12-26-19(28)11-25-15(3)16-7-5-8-17(10-16)21(22,23)24/h4-10,15,25H,11-12H2,1-3H3,(H,26,28)(H,27,29)/t15-/m0/s1. The molecule has 2 rings (SSSR count). The van der Waals surface area contributed by atoms with E-state index in [9.17, 15) is 22.8 Å². The minimum atomic E-state index is -4.42. The van der Waals surface area contributed by atoms with Crippen molar-refractivity contribution in [1.82, 2.24) is 10.6 Å². The predicted octanol–water partition coefficient (Wildman–Crippen LogP) is 3.73. The number of benzene rings is 2. The fraction of sp³-hybridized carbons (Fsp3) is 0.333. The number of nitrogens with one attached hydrogen (secondary N) is 3. The van der Waals surface area contributed by atoms with Gasteiger partial charge in [-0.15, -0.1) is 0 Å². The van der Waals surface area contributed by atoms with Gasteiger partial charge in [-0.1, -0.05) is 24.3 Å². The van der Waals surface area contributed by atoms with Crippen molar-refractivity contribution in [3.8, 4) is 0 Å². The molecule has 0 unspecified atom stereocenters. The van der Waals surface area contributed by atoms with Crippen molar-refractivity contribution in [3.63, 3.8) is 0 Å². The minimum absolute atomic E-state index is 0.131. The van der Waals surface area contributed by atoms with E-state index < -0.39 is 23.7 Å². The fourth-order valence-corrected chi connectivity index (χ4v) is 2.67. The Labute approximate surface area is 167 Å². The number of rotatable bonds is 7. The van der Waals surface area contributed by atoms with Crippen molar-refractivity contribution in [2.45, 2.75) is 33.0 Å². The van der Waals surface area contributed by atoms with Gasteiger partial charge in [0.05, 0.1) is 18.7 Å². The van der Waals surface area contributed by atoms with Gasteiger partial charge in [0.25, 0.3) is 0 Å². The van der Waals surface area contributed by atoms with Crippen LogP contribution in [0.2, 0.25) is 0 Å². The van der Waals surface area contributed by atoms with Crippen LogP contribution in [0.15, 0.2) is 42.5 Å². The van der Waals surface area contributed by atoms with Gasteiger partial charge in [0.1, 0.15) is 0 Å². The zero-order chi connectivity index (χ0) is 21.6. The van der Waals surface area contributed by atoms with Gasteiger partial charge in [-0.2, -0.15) is 13.2 Å². The quantitative estimate of drug-likeness (QED) is 0.655. The summed E-state index contributed by atoms with van der Waals surface area (Å²) in [5, 5.41) is 8.08. The molecule has 0 spiro atoms. The molecule has 0 radical (unpaired) electrons. The normalized spacial score (nSPS) is 12.3. The molecule has 0 aliphatic heterocycles. The summed E-state index contributed by atoms with van der Waals surface area (Å²) in [6.07, 6.45) is -4.42. The summed E-state index contributed by atoms with van der Waals surface area (Å²) in [6.45, 7) is 5.16. The number of alkyl halides is 3. The van der Waals surface area contributed by atoms with Crippen LogP contribution in [0, 0.1) is 13.8 Å². The average molecular weight is 407 g/mol. The van der Waals surface area contributed by atoms with E-state index in [2.05, 4.69) is 16.0 Å². The van der Waals surface area contributed by atoms with Gasteiger partial charge in [0.15, 0.2) is 0 Å². The molecule has 2 aromatic rings. The SMILES string of the molecule is Cc1cccc(NC(=O)CNC(=O)CN[C@@H](C)c2cccc(C(F)(F)F)c2)c1C. The second kappa shape index (κ2) is 9.56. The Balaban J connectivity index is 1.81. The van der Waals surface area contributed by atoms with Crippen molar-refractivity contribution in [2.24, 2.45) is 0 Å². The zero-order valence-corrected chi connectivity index (χ0v) is 16.5. The highest BCUT2D eigenvalue weighted by Crippen LogP contribution is 2.30. The van der Waals surface area contributed by atoms with Gasteiger partial charge >= 0.3 is 6.18 Å². The second-order valence-corrected chi connectivity index (χ2v) is 6.80. The maximum absolute atomic E-state index is 12.8. The van der Waals surface area contributed by atoms with Crippen LogP contribution in [0.25, 0.3) is 0 Å². The third kappa shape index (κ3) is 6.60. The van der Waals surface area contributed by atoms with Crippen LogP contribution < -0.4 is 16.0 Å². The first-order chi connectivity index (χ1) is 13.6. The number of amides is 2. The maximum Gasteiger partial charge on any atom is 0.416 e. The van der Waals surface area contributed by atoms with Crippen LogP contribution in [-0.2, 0) is 15.8 Å². The van der Waals surface area contributed by atoms with Crippen molar-refractivity contribution in [3.05, 3.63) is 64.7 Å². The topological polar surface area (TPSA) is 70.2 Å². The summed E-state index contributed by atoms with van der Waals surface area (Å²) < 4.78 is 38.4. The molecule has 0 heterocycles. The third-order valence-electron chi connectivity index (χ3n) is 4.61. The molecule has 8 heteroatoms. The van der Waals surface area contributed by atoms with E-state index in [0.717, 1.165) is 23.3 Å². The predicted molar refractivity (Wildman–Crippen MR) is 105 cm³/mol. The van der Waals surface area contributed by atoms with Crippen molar-refractivity contribution >= 4 is 17.5 Å². The minimum Gasteiger partial charge on any atom is -0.346 e. The summed E-state index contributed by atoms with van der Waals surface area (Å²) in [5.74, 6) is -0.794. The number of hydrogen-bond donors (Lipinski definition) is 3. The number of anilines is 1. The molecule has 0 aliphatic rings. The Hall–Kier alpha value is -2.87. The lowest BCUT2D eigenvalue weighted by atomic mass is 10.0. The number of carbonyl (C=O) groups is 2. The second-order valence-electron chi connectivity index (χ2n) is 6.80. The van der Waals surface area contributed by atoms with Crippen LogP contribution in [0.4, 0.5) is 18.9 Å². The van der Waals surface area contributed by atoms with Crippen molar-refractivity contribution in [1.29, 1.82) is 0 Å². The van der Waals surface area contributed by atoms with Gasteiger partial charge in [-0.3, -0.25) is 9.59 Å². The molecule has 0 saturated carbocycles. The van der Waals surface area contributed by atoms with E-state index in [0.29, 0.717) is 11.3 Å². The van der Waals surface area contributed by atoms with Gasteiger partial charge < -0.3 is 16.0 Å². The molecule has 0 aliphatic carbocycles. The van der Waals surface area contributed by atoms with Gasteiger partial charge in [0.2, 0.25) is 11.8 Å². The molecule has 0 aromatic heterocycles. The fourth-order valence-electron chi connectivity index (χ4n) is 2.67.